The van der Waals surface area contributed by atoms with Crippen LogP contribution >= 0.6 is 0 Å². The molecule has 0 unspecified atom stereocenters. The standard InChI is InChI=1S/C7H10N2O2/c1-5-6(4-10)8-9-2-3-11-7(5)9/h10H,2-4H2,1H3. The highest BCUT2D eigenvalue weighted by Gasteiger charge is 2.19. The van der Waals surface area contributed by atoms with Gasteiger partial charge in [-0.1, -0.05) is 0 Å². The van der Waals surface area contributed by atoms with Crippen molar-refractivity contribution in [2.75, 3.05) is 6.61 Å². The zero-order chi connectivity index (χ0) is 7.84. The molecule has 4 nitrogen and oxygen atoms in total. The van der Waals surface area contributed by atoms with Gasteiger partial charge < -0.3 is 9.84 Å². The summed E-state index contributed by atoms with van der Waals surface area (Å²) in [4.78, 5) is 0. The van der Waals surface area contributed by atoms with Gasteiger partial charge in [-0.15, -0.1) is 0 Å². The van der Waals surface area contributed by atoms with Crippen LogP contribution in [0.1, 0.15) is 11.3 Å². The van der Waals surface area contributed by atoms with Gasteiger partial charge in [0.15, 0.2) is 0 Å². The molecule has 0 spiro atoms. The molecule has 1 aromatic heterocycles. The molecular weight excluding hydrogens is 144 g/mol. The van der Waals surface area contributed by atoms with E-state index in [0.29, 0.717) is 6.61 Å². The summed E-state index contributed by atoms with van der Waals surface area (Å²) in [6.45, 7) is 3.41. The van der Waals surface area contributed by atoms with E-state index >= 15 is 0 Å². The van der Waals surface area contributed by atoms with Gasteiger partial charge in [-0.25, -0.2) is 4.68 Å². The molecule has 0 saturated heterocycles. The molecule has 11 heavy (non-hydrogen) atoms. The van der Waals surface area contributed by atoms with Crippen molar-refractivity contribution >= 4 is 0 Å². The predicted molar refractivity (Wildman–Crippen MR) is 38.4 cm³/mol. The van der Waals surface area contributed by atoms with E-state index in [-0.39, 0.29) is 6.61 Å². The highest BCUT2D eigenvalue weighted by molar-refractivity contribution is 5.30. The zero-order valence-electron chi connectivity index (χ0n) is 6.37. The summed E-state index contributed by atoms with van der Waals surface area (Å²) in [5.41, 5.74) is 1.68. The summed E-state index contributed by atoms with van der Waals surface area (Å²) >= 11 is 0. The van der Waals surface area contributed by atoms with Crippen LogP contribution in [-0.4, -0.2) is 21.5 Å². The van der Waals surface area contributed by atoms with Crippen molar-refractivity contribution in [1.82, 2.24) is 9.78 Å². The summed E-state index contributed by atoms with van der Waals surface area (Å²) in [5.74, 6) is 0.814. The Morgan fingerprint density at radius 1 is 1.73 bits per heavy atom. The second-order valence-electron chi connectivity index (χ2n) is 2.61. The molecule has 1 aromatic rings. The highest BCUT2D eigenvalue weighted by Crippen LogP contribution is 2.24. The molecule has 2 rings (SSSR count). The molecule has 1 N–H and O–H groups in total. The molecule has 0 bridgehead atoms. The number of nitrogens with zero attached hydrogens (tertiary/aromatic N) is 2. The van der Waals surface area contributed by atoms with Crippen molar-refractivity contribution in [3.05, 3.63) is 11.3 Å². The van der Waals surface area contributed by atoms with Gasteiger partial charge in [0, 0.05) is 5.56 Å². The fraction of sp³-hybridized carbons (Fsp3) is 0.571. The van der Waals surface area contributed by atoms with E-state index in [2.05, 4.69) is 5.10 Å². The topological polar surface area (TPSA) is 47.3 Å². The SMILES string of the molecule is Cc1c(CO)nn2c1OCC2. The lowest BCUT2D eigenvalue weighted by atomic mass is 10.3. The van der Waals surface area contributed by atoms with Gasteiger partial charge in [0.05, 0.1) is 18.8 Å². The Morgan fingerprint density at radius 3 is 3.18 bits per heavy atom. The highest BCUT2D eigenvalue weighted by atomic mass is 16.5. The molecule has 0 fully saturated rings. The first-order chi connectivity index (χ1) is 5.33. The molecule has 0 aromatic carbocycles. The first kappa shape index (κ1) is 6.67. The monoisotopic (exact) mass is 154 g/mol. The van der Waals surface area contributed by atoms with Crippen LogP contribution in [0.25, 0.3) is 0 Å². The van der Waals surface area contributed by atoms with Crippen molar-refractivity contribution in [2.45, 2.75) is 20.1 Å². The lowest BCUT2D eigenvalue weighted by molar-refractivity contribution is 0.273. The predicted octanol–water partition coefficient (Wildman–Crippen LogP) is 0.0762. The Balaban J connectivity index is 2.49. The Kier molecular flexibility index (Phi) is 1.35. The van der Waals surface area contributed by atoms with Gasteiger partial charge in [0.25, 0.3) is 0 Å². The normalized spacial score (nSPS) is 14.7. The first-order valence-corrected chi connectivity index (χ1v) is 3.63. The quantitative estimate of drug-likeness (QED) is 0.623. The molecule has 60 valence electrons. The molecule has 1 aliphatic heterocycles. The molecule has 0 atom stereocenters. The van der Waals surface area contributed by atoms with Gasteiger partial charge in [-0.3, -0.25) is 0 Å². The third-order valence-corrected chi connectivity index (χ3v) is 1.92. The fourth-order valence-corrected chi connectivity index (χ4v) is 1.30. The van der Waals surface area contributed by atoms with Crippen LogP contribution < -0.4 is 4.74 Å². The van der Waals surface area contributed by atoms with E-state index in [1.54, 1.807) is 4.68 Å². The Labute approximate surface area is 64.4 Å². The maximum Gasteiger partial charge on any atom is 0.215 e. The van der Waals surface area contributed by atoms with E-state index in [4.69, 9.17) is 9.84 Å². The average molecular weight is 154 g/mol. The van der Waals surface area contributed by atoms with E-state index < -0.39 is 0 Å². The summed E-state index contributed by atoms with van der Waals surface area (Å²) in [6, 6.07) is 0. The third-order valence-electron chi connectivity index (χ3n) is 1.92. The molecular formula is C7H10N2O2. The maximum atomic E-state index is 8.84. The molecule has 0 radical (unpaired) electrons. The second-order valence-corrected chi connectivity index (χ2v) is 2.61. The third kappa shape index (κ3) is 0.826. The number of hydrogen-bond acceptors (Lipinski definition) is 3. The number of ether oxygens (including phenoxy) is 1. The minimum atomic E-state index is -0.00477. The van der Waals surface area contributed by atoms with Crippen molar-refractivity contribution in [3.8, 4) is 5.88 Å². The summed E-state index contributed by atoms with van der Waals surface area (Å²) in [7, 11) is 0. The van der Waals surface area contributed by atoms with Crippen molar-refractivity contribution in [3.63, 3.8) is 0 Å². The minimum Gasteiger partial charge on any atom is -0.476 e. The lowest BCUT2D eigenvalue weighted by Crippen LogP contribution is -1.98. The van der Waals surface area contributed by atoms with Crippen LogP contribution in [0.2, 0.25) is 0 Å². The lowest BCUT2D eigenvalue weighted by Gasteiger charge is -1.94. The van der Waals surface area contributed by atoms with Gasteiger partial charge in [0.1, 0.15) is 6.61 Å². The van der Waals surface area contributed by atoms with E-state index in [9.17, 15) is 0 Å². The number of aliphatic hydroxyl groups excluding tert-OH is 1. The molecule has 4 heteroatoms. The second kappa shape index (κ2) is 2.23. The average Bonchev–Trinajstić information content (AvgIpc) is 2.53. The van der Waals surface area contributed by atoms with Crippen molar-refractivity contribution in [2.24, 2.45) is 0 Å². The Bertz CT molecular complexity index is 279. The van der Waals surface area contributed by atoms with Gasteiger partial charge in [0.2, 0.25) is 5.88 Å². The van der Waals surface area contributed by atoms with Crippen LogP contribution in [0.3, 0.4) is 0 Å². The summed E-state index contributed by atoms with van der Waals surface area (Å²) < 4.78 is 7.09. The summed E-state index contributed by atoms with van der Waals surface area (Å²) in [6.07, 6.45) is 0. The summed E-state index contributed by atoms with van der Waals surface area (Å²) in [5, 5.41) is 13.0. The zero-order valence-corrected chi connectivity index (χ0v) is 6.37. The molecule has 1 aliphatic rings. The number of aromatic nitrogens is 2. The number of aliphatic hydroxyl groups is 1. The first-order valence-electron chi connectivity index (χ1n) is 3.63. The van der Waals surface area contributed by atoms with Crippen molar-refractivity contribution in [1.29, 1.82) is 0 Å². The minimum absolute atomic E-state index is 0.00477. The largest absolute Gasteiger partial charge is 0.476 e. The number of rotatable bonds is 1. The van der Waals surface area contributed by atoms with Gasteiger partial charge in [-0.05, 0) is 6.92 Å². The van der Waals surface area contributed by atoms with E-state index in [1.165, 1.54) is 0 Å². The van der Waals surface area contributed by atoms with Crippen LogP contribution in [0.4, 0.5) is 0 Å². The smallest absolute Gasteiger partial charge is 0.215 e. The van der Waals surface area contributed by atoms with E-state index in [0.717, 1.165) is 23.7 Å². The molecule has 2 heterocycles. The van der Waals surface area contributed by atoms with Crippen LogP contribution in [0, 0.1) is 6.92 Å². The fourth-order valence-electron chi connectivity index (χ4n) is 1.30. The van der Waals surface area contributed by atoms with Crippen molar-refractivity contribution < 1.29 is 9.84 Å². The molecule has 0 aliphatic carbocycles. The molecule has 0 amide bonds. The van der Waals surface area contributed by atoms with Crippen LogP contribution in [0.15, 0.2) is 0 Å². The Hall–Kier alpha value is -1.03. The Morgan fingerprint density at radius 2 is 2.55 bits per heavy atom. The maximum absolute atomic E-state index is 8.84. The van der Waals surface area contributed by atoms with Gasteiger partial charge >= 0.3 is 0 Å². The van der Waals surface area contributed by atoms with Crippen LogP contribution in [-0.2, 0) is 13.2 Å². The van der Waals surface area contributed by atoms with Gasteiger partial charge in [-0.2, -0.15) is 5.10 Å². The number of hydrogen-bond donors (Lipinski definition) is 1. The molecule has 0 saturated carbocycles. The van der Waals surface area contributed by atoms with E-state index in [1.807, 2.05) is 6.92 Å². The number of fused-ring (bicyclic) bond motifs is 1. The van der Waals surface area contributed by atoms with Crippen LogP contribution in [0.5, 0.6) is 5.88 Å².